The number of nitrogens with zero attached hydrogens (tertiary/aromatic N) is 2. The second-order valence-corrected chi connectivity index (χ2v) is 6.58. The summed E-state index contributed by atoms with van der Waals surface area (Å²) >= 11 is 0. The monoisotopic (exact) mass is 368 g/mol. The van der Waals surface area contributed by atoms with Gasteiger partial charge in [0.1, 0.15) is 0 Å². The third-order valence-electron chi connectivity index (χ3n) is 4.70. The summed E-state index contributed by atoms with van der Waals surface area (Å²) in [6, 6.07) is 12.0. The molecule has 0 radical (unpaired) electrons. The molecular formula is C20H20N2O5. The van der Waals surface area contributed by atoms with Gasteiger partial charge in [-0.2, -0.15) is 0 Å². The zero-order valence-electron chi connectivity index (χ0n) is 15.2. The zero-order valence-corrected chi connectivity index (χ0v) is 15.2. The number of rotatable bonds is 4. The van der Waals surface area contributed by atoms with Crippen molar-refractivity contribution in [2.75, 3.05) is 6.54 Å². The van der Waals surface area contributed by atoms with Crippen molar-refractivity contribution in [3.63, 3.8) is 0 Å². The van der Waals surface area contributed by atoms with Gasteiger partial charge >= 0.3 is 5.97 Å². The highest BCUT2D eigenvalue weighted by molar-refractivity contribution is 5.92. The van der Waals surface area contributed by atoms with Crippen LogP contribution in [-0.4, -0.2) is 34.3 Å². The van der Waals surface area contributed by atoms with Crippen LogP contribution in [0.4, 0.5) is 5.69 Å². The highest BCUT2D eigenvalue weighted by atomic mass is 16.6. The Morgan fingerprint density at radius 1 is 1.19 bits per heavy atom. The van der Waals surface area contributed by atoms with Crippen molar-refractivity contribution in [1.82, 2.24) is 4.90 Å². The number of hydrogen-bond donors (Lipinski definition) is 0. The van der Waals surface area contributed by atoms with Crippen LogP contribution >= 0.6 is 0 Å². The maximum Gasteiger partial charge on any atom is 0.338 e. The molecule has 2 aromatic carbocycles. The number of nitro groups is 1. The summed E-state index contributed by atoms with van der Waals surface area (Å²) in [5.41, 5.74) is 2.81. The molecule has 0 fully saturated rings. The fourth-order valence-corrected chi connectivity index (χ4v) is 3.21. The Morgan fingerprint density at radius 2 is 1.89 bits per heavy atom. The largest absolute Gasteiger partial charge is 0.449 e. The SMILES string of the molecule is Cc1cc(C(=O)O[C@@H](C)C(=O)N2CCc3ccccc3C2)ccc1[N+](=O)[O-]. The van der Waals surface area contributed by atoms with E-state index in [2.05, 4.69) is 6.07 Å². The first kappa shape index (κ1) is 18.6. The fraction of sp³-hybridized carbons (Fsp3) is 0.300. The lowest BCUT2D eigenvalue weighted by Gasteiger charge is -2.30. The van der Waals surface area contributed by atoms with Crippen molar-refractivity contribution in [3.8, 4) is 0 Å². The van der Waals surface area contributed by atoms with Gasteiger partial charge in [0.2, 0.25) is 0 Å². The zero-order chi connectivity index (χ0) is 19.6. The second-order valence-electron chi connectivity index (χ2n) is 6.58. The van der Waals surface area contributed by atoms with Gasteiger partial charge in [-0.25, -0.2) is 4.79 Å². The fourth-order valence-electron chi connectivity index (χ4n) is 3.21. The summed E-state index contributed by atoms with van der Waals surface area (Å²) in [6.45, 7) is 4.16. The molecule has 0 aliphatic carbocycles. The van der Waals surface area contributed by atoms with E-state index in [0.29, 0.717) is 18.7 Å². The Kier molecular flexibility index (Phi) is 5.21. The summed E-state index contributed by atoms with van der Waals surface area (Å²) in [6.07, 6.45) is -0.164. The summed E-state index contributed by atoms with van der Waals surface area (Å²) in [7, 11) is 0. The minimum atomic E-state index is -0.932. The van der Waals surface area contributed by atoms with E-state index in [9.17, 15) is 19.7 Å². The predicted molar refractivity (Wildman–Crippen MR) is 98.3 cm³/mol. The standard InChI is InChI=1S/C20H20N2O5/c1-13-11-16(7-8-18(13)22(25)26)20(24)27-14(2)19(23)21-10-9-15-5-3-4-6-17(15)12-21/h3-8,11,14H,9-10,12H2,1-2H3/t14-/m0/s1. The Labute approximate surface area is 156 Å². The minimum Gasteiger partial charge on any atom is -0.449 e. The molecule has 0 aromatic heterocycles. The first-order chi connectivity index (χ1) is 12.9. The number of carbonyl (C=O) groups excluding carboxylic acids is 2. The van der Waals surface area contributed by atoms with Gasteiger partial charge in [-0.15, -0.1) is 0 Å². The van der Waals surface area contributed by atoms with Crippen LogP contribution < -0.4 is 0 Å². The van der Waals surface area contributed by atoms with Gasteiger partial charge < -0.3 is 9.64 Å². The summed E-state index contributed by atoms with van der Waals surface area (Å²) in [5, 5.41) is 10.9. The van der Waals surface area contributed by atoms with E-state index in [4.69, 9.17) is 4.74 Å². The Bertz CT molecular complexity index is 909. The molecule has 2 aromatic rings. The van der Waals surface area contributed by atoms with Crippen LogP contribution in [0.15, 0.2) is 42.5 Å². The maximum atomic E-state index is 12.6. The number of nitro benzene ring substituents is 1. The van der Waals surface area contributed by atoms with E-state index in [-0.39, 0.29) is 17.2 Å². The second kappa shape index (κ2) is 7.57. The van der Waals surface area contributed by atoms with Crippen LogP contribution in [-0.2, 0) is 22.5 Å². The first-order valence-electron chi connectivity index (χ1n) is 8.68. The van der Waals surface area contributed by atoms with Crippen molar-refractivity contribution >= 4 is 17.6 Å². The Hall–Kier alpha value is -3.22. The van der Waals surface area contributed by atoms with Gasteiger partial charge in [0.05, 0.1) is 10.5 Å². The van der Waals surface area contributed by atoms with Crippen LogP contribution in [0, 0.1) is 17.0 Å². The van der Waals surface area contributed by atoms with Gasteiger partial charge in [-0.3, -0.25) is 14.9 Å². The molecule has 0 unspecified atom stereocenters. The number of fused-ring (bicyclic) bond motifs is 1. The van der Waals surface area contributed by atoms with Crippen molar-refractivity contribution in [3.05, 3.63) is 74.8 Å². The molecule has 1 aliphatic rings. The lowest BCUT2D eigenvalue weighted by Crippen LogP contribution is -2.42. The molecule has 7 heteroatoms. The molecule has 1 atom stereocenters. The van der Waals surface area contributed by atoms with Crippen molar-refractivity contribution < 1.29 is 19.2 Å². The van der Waals surface area contributed by atoms with E-state index < -0.39 is 17.0 Å². The third-order valence-corrected chi connectivity index (χ3v) is 4.70. The van der Waals surface area contributed by atoms with Crippen LogP contribution in [0.3, 0.4) is 0 Å². The molecule has 0 N–H and O–H groups in total. The Balaban J connectivity index is 1.65. The van der Waals surface area contributed by atoms with E-state index in [1.807, 2.05) is 18.2 Å². The number of hydrogen-bond acceptors (Lipinski definition) is 5. The van der Waals surface area contributed by atoms with Gasteiger partial charge in [0.25, 0.3) is 11.6 Å². The average molecular weight is 368 g/mol. The van der Waals surface area contributed by atoms with Gasteiger partial charge in [-0.1, -0.05) is 24.3 Å². The third kappa shape index (κ3) is 3.97. The van der Waals surface area contributed by atoms with Crippen LogP contribution in [0.2, 0.25) is 0 Å². The lowest BCUT2D eigenvalue weighted by molar-refractivity contribution is -0.385. The summed E-state index contributed by atoms with van der Waals surface area (Å²) in [5.74, 6) is -0.928. The molecule has 0 spiro atoms. The van der Waals surface area contributed by atoms with Crippen LogP contribution in [0.25, 0.3) is 0 Å². The minimum absolute atomic E-state index is 0.0670. The lowest BCUT2D eigenvalue weighted by atomic mass is 9.99. The number of esters is 1. The topological polar surface area (TPSA) is 89.8 Å². The molecule has 0 saturated heterocycles. The molecular weight excluding hydrogens is 348 g/mol. The van der Waals surface area contributed by atoms with Crippen LogP contribution in [0.1, 0.15) is 34.0 Å². The van der Waals surface area contributed by atoms with Gasteiger partial charge in [0, 0.05) is 24.7 Å². The number of amides is 1. The molecule has 1 heterocycles. The first-order valence-corrected chi connectivity index (χ1v) is 8.68. The molecule has 0 bridgehead atoms. The van der Waals surface area contributed by atoms with Gasteiger partial charge in [0.15, 0.2) is 6.10 Å². The summed E-state index contributed by atoms with van der Waals surface area (Å²) in [4.78, 5) is 37.0. The molecule has 140 valence electrons. The van der Waals surface area contributed by atoms with Gasteiger partial charge in [-0.05, 0) is 43.5 Å². The molecule has 3 rings (SSSR count). The number of aryl methyl sites for hydroxylation is 1. The molecule has 1 amide bonds. The number of carbonyl (C=O) groups is 2. The summed E-state index contributed by atoms with van der Waals surface area (Å²) < 4.78 is 5.29. The van der Waals surface area contributed by atoms with Crippen molar-refractivity contribution in [2.45, 2.75) is 32.9 Å². The van der Waals surface area contributed by atoms with E-state index in [1.165, 1.54) is 23.8 Å². The molecule has 0 saturated carbocycles. The number of ether oxygens (including phenoxy) is 1. The number of benzene rings is 2. The maximum absolute atomic E-state index is 12.6. The predicted octanol–water partition coefficient (Wildman–Crippen LogP) is 3.03. The average Bonchev–Trinajstić information content (AvgIpc) is 2.66. The van der Waals surface area contributed by atoms with Crippen LogP contribution in [0.5, 0.6) is 0 Å². The molecule has 1 aliphatic heterocycles. The highest BCUT2D eigenvalue weighted by Crippen LogP contribution is 2.21. The van der Waals surface area contributed by atoms with Crippen molar-refractivity contribution in [1.29, 1.82) is 0 Å². The quantitative estimate of drug-likeness (QED) is 0.470. The molecule has 7 nitrogen and oxygen atoms in total. The van der Waals surface area contributed by atoms with E-state index >= 15 is 0 Å². The smallest absolute Gasteiger partial charge is 0.338 e. The van der Waals surface area contributed by atoms with E-state index in [0.717, 1.165) is 12.0 Å². The Morgan fingerprint density at radius 3 is 2.56 bits per heavy atom. The molecule has 27 heavy (non-hydrogen) atoms. The highest BCUT2D eigenvalue weighted by Gasteiger charge is 2.27. The normalized spacial score (nSPS) is 14.2. The van der Waals surface area contributed by atoms with Crippen molar-refractivity contribution in [2.24, 2.45) is 0 Å². The van der Waals surface area contributed by atoms with E-state index in [1.54, 1.807) is 18.7 Å².